The van der Waals surface area contributed by atoms with Crippen LogP contribution in [0.1, 0.15) is 54.1 Å². The van der Waals surface area contributed by atoms with Crippen LogP contribution in [-0.2, 0) is 13.0 Å². The minimum atomic E-state index is 0.465. The van der Waals surface area contributed by atoms with Gasteiger partial charge in [-0.1, -0.05) is 30.3 Å². The van der Waals surface area contributed by atoms with Crippen LogP contribution in [0.5, 0.6) is 6.01 Å². The Morgan fingerprint density at radius 2 is 1.97 bits per heavy atom. The number of anilines is 1. The summed E-state index contributed by atoms with van der Waals surface area (Å²) in [5.41, 5.74) is 6.45. The largest absolute Gasteiger partial charge is 0.462 e. The average molecular weight is 484 g/mol. The predicted molar refractivity (Wildman–Crippen MR) is 144 cm³/mol. The molecule has 3 aliphatic heterocycles. The highest BCUT2D eigenvalue weighted by Gasteiger charge is 2.42. The smallest absolute Gasteiger partial charge is 0.316 e. The van der Waals surface area contributed by atoms with Gasteiger partial charge >= 0.3 is 6.01 Å². The van der Waals surface area contributed by atoms with E-state index in [-0.39, 0.29) is 0 Å². The molecule has 188 valence electrons. The van der Waals surface area contributed by atoms with Crippen LogP contribution < -0.4 is 15.0 Å². The van der Waals surface area contributed by atoms with E-state index in [1.165, 1.54) is 65.5 Å². The van der Waals surface area contributed by atoms with Gasteiger partial charge in [-0.15, -0.1) is 0 Å². The van der Waals surface area contributed by atoms with Crippen molar-refractivity contribution in [3.8, 4) is 6.01 Å². The molecule has 0 radical (unpaired) electrons. The fourth-order valence-electron chi connectivity index (χ4n) is 7.30. The topological polar surface area (TPSA) is 53.5 Å². The van der Waals surface area contributed by atoms with Crippen molar-refractivity contribution in [1.29, 1.82) is 0 Å². The van der Waals surface area contributed by atoms with Gasteiger partial charge in [-0.3, -0.25) is 0 Å². The van der Waals surface area contributed by atoms with E-state index in [4.69, 9.17) is 14.7 Å². The van der Waals surface area contributed by atoms with Gasteiger partial charge in [0.25, 0.3) is 0 Å². The molecule has 1 aromatic heterocycles. The molecule has 0 spiro atoms. The number of likely N-dealkylation sites (N-methyl/N-ethyl adjacent to an activating group) is 1. The molecule has 3 unspecified atom stereocenters. The Kier molecular flexibility index (Phi) is 5.62. The second kappa shape index (κ2) is 9.00. The third kappa shape index (κ3) is 3.86. The normalized spacial score (nSPS) is 27.7. The summed E-state index contributed by atoms with van der Waals surface area (Å²) < 4.78 is 6.33. The zero-order valence-electron chi connectivity index (χ0n) is 21.5. The van der Waals surface area contributed by atoms with E-state index in [9.17, 15) is 0 Å². The van der Waals surface area contributed by atoms with Gasteiger partial charge in [0.15, 0.2) is 0 Å². The maximum Gasteiger partial charge on any atom is 0.316 e. The highest BCUT2D eigenvalue weighted by Crippen LogP contribution is 2.44. The number of piperidine rings is 1. The molecule has 36 heavy (non-hydrogen) atoms. The quantitative estimate of drug-likeness (QED) is 0.579. The highest BCUT2D eigenvalue weighted by atomic mass is 16.5. The number of ether oxygens (including phenoxy) is 1. The molecule has 6 heteroatoms. The van der Waals surface area contributed by atoms with Gasteiger partial charge in [0.05, 0.1) is 17.9 Å². The molecular weight excluding hydrogens is 446 g/mol. The number of benzene rings is 2. The van der Waals surface area contributed by atoms with E-state index in [0.29, 0.717) is 30.6 Å². The van der Waals surface area contributed by atoms with Crippen molar-refractivity contribution in [2.24, 2.45) is 5.92 Å². The first kappa shape index (κ1) is 22.5. The molecule has 6 nitrogen and oxygen atoms in total. The summed E-state index contributed by atoms with van der Waals surface area (Å²) in [4.78, 5) is 15.1. The molecule has 4 aliphatic rings. The van der Waals surface area contributed by atoms with Gasteiger partial charge in [-0.05, 0) is 87.7 Å². The van der Waals surface area contributed by atoms with E-state index >= 15 is 0 Å². The van der Waals surface area contributed by atoms with Crippen LogP contribution in [0.25, 0.3) is 10.8 Å². The third-order valence-electron chi connectivity index (χ3n) is 9.26. The number of hydrogen-bond acceptors (Lipinski definition) is 6. The average Bonchev–Trinajstić information content (AvgIpc) is 3.64. The number of likely N-dealkylation sites (tertiary alicyclic amines) is 1. The van der Waals surface area contributed by atoms with E-state index < -0.39 is 0 Å². The van der Waals surface area contributed by atoms with Crippen molar-refractivity contribution in [3.05, 3.63) is 58.9 Å². The number of aryl methyl sites for hydroxylation is 1. The van der Waals surface area contributed by atoms with Crippen LogP contribution in [0.2, 0.25) is 0 Å². The first-order valence-corrected chi connectivity index (χ1v) is 13.8. The summed E-state index contributed by atoms with van der Waals surface area (Å²) in [5.74, 6) is 1.28. The Bertz CT molecular complexity index is 1290. The van der Waals surface area contributed by atoms with Gasteiger partial charge in [0.1, 0.15) is 6.61 Å². The van der Waals surface area contributed by atoms with Crippen LogP contribution in [-0.4, -0.2) is 60.2 Å². The summed E-state index contributed by atoms with van der Waals surface area (Å²) in [7, 11) is 2.20. The van der Waals surface area contributed by atoms with Crippen LogP contribution in [0, 0.1) is 12.8 Å². The van der Waals surface area contributed by atoms with Crippen molar-refractivity contribution in [3.63, 3.8) is 0 Å². The molecule has 1 N–H and O–H groups in total. The number of nitrogens with one attached hydrogen (secondary N) is 1. The lowest BCUT2D eigenvalue weighted by molar-refractivity contribution is 0.186. The molecule has 1 aliphatic carbocycles. The Balaban J connectivity index is 1.24. The minimum absolute atomic E-state index is 0.465. The molecule has 7 rings (SSSR count). The van der Waals surface area contributed by atoms with Crippen molar-refractivity contribution in [1.82, 2.24) is 20.2 Å². The zero-order chi connectivity index (χ0) is 24.2. The molecule has 1 saturated carbocycles. The third-order valence-corrected chi connectivity index (χ3v) is 9.26. The molecule has 4 atom stereocenters. The molecule has 3 fully saturated rings. The number of fused-ring (bicyclic) bond motifs is 4. The Morgan fingerprint density at radius 3 is 2.75 bits per heavy atom. The number of rotatable bonds is 5. The second-order valence-corrected chi connectivity index (χ2v) is 11.5. The lowest BCUT2D eigenvalue weighted by atomic mass is 9.89. The van der Waals surface area contributed by atoms with Gasteiger partial charge in [0.2, 0.25) is 0 Å². The summed E-state index contributed by atoms with van der Waals surface area (Å²) in [6, 6.07) is 14.9. The maximum absolute atomic E-state index is 6.33. The fourth-order valence-corrected chi connectivity index (χ4v) is 7.30. The van der Waals surface area contributed by atoms with Gasteiger partial charge < -0.3 is 19.9 Å². The molecular formula is C30H37N5O. The maximum atomic E-state index is 6.33. The molecule has 4 heterocycles. The highest BCUT2D eigenvalue weighted by molar-refractivity contribution is 5.96. The van der Waals surface area contributed by atoms with Crippen molar-refractivity contribution in [2.75, 3.05) is 38.2 Å². The second-order valence-electron chi connectivity index (χ2n) is 11.5. The van der Waals surface area contributed by atoms with Crippen molar-refractivity contribution in [2.45, 2.75) is 63.6 Å². The molecule has 3 aromatic rings. The van der Waals surface area contributed by atoms with Gasteiger partial charge in [-0.2, -0.15) is 9.97 Å². The monoisotopic (exact) mass is 483 g/mol. The summed E-state index contributed by atoms with van der Waals surface area (Å²) >= 11 is 0. The molecule has 2 bridgehead atoms. The van der Waals surface area contributed by atoms with E-state index in [0.717, 1.165) is 37.7 Å². The molecule has 2 aromatic carbocycles. The number of aromatic nitrogens is 2. The zero-order valence-corrected chi connectivity index (χ0v) is 21.5. The van der Waals surface area contributed by atoms with E-state index in [1.54, 1.807) is 0 Å². The first-order chi connectivity index (χ1) is 17.6. The number of hydrogen-bond donors (Lipinski definition) is 1. The van der Waals surface area contributed by atoms with Crippen molar-refractivity contribution < 1.29 is 4.74 Å². The lowest BCUT2D eigenvalue weighted by Gasteiger charge is -2.34. The standard InChI is InChI=1S/C30H37N5O/c1-19-6-3-7-21-8-4-10-27(28(19)21)35-13-11-23-26(17-35)32-30(36-18-22-9-5-12-34(22)2)33-29(23)24-14-20-15-25(24)31-16-20/h3-4,6-8,10,20,22,24-25,31H,5,9,11-18H2,1-2H3/t20?,22-,24?,25?/m0/s1. The van der Waals surface area contributed by atoms with E-state index in [2.05, 4.69) is 65.5 Å². The SMILES string of the molecule is Cc1cccc2cccc(N3CCc4c(nc(OC[C@@H]5CCCN5C)nc4C4CC5CNC4C5)C3)c12. The van der Waals surface area contributed by atoms with Crippen LogP contribution >= 0.6 is 0 Å². The Hall–Kier alpha value is -2.70. The molecule has 2 saturated heterocycles. The summed E-state index contributed by atoms with van der Waals surface area (Å²) in [5, 5.41) is 6.42. The summed E-state index contributed by atoms with van der Waals surface area (Å²) in [6.45, 7) is 7.03. The van der Waals surface area contributed by atoms with Gasteiger partial charge in [-0.25, -0.2) is 0 Å². The van der Waals surface area contributed by atoms with Crippen LogP contribution in [0.15, 0.2) is 36.4 Å². The Labute approximate surface area is 214 Å². The van der Waals surface area contributed by atoms with Crippen LogP contribution in [0.4, 0.5) is 5.69 Å². The fraction of sp³-hybridized carbons (Fsp3) is 0.533. The van der Waals surface area contributed by atoms with Gasteiger partial charge in [0, 0.05) is 35.6 Å². The Morgan fingerprint density at radius 1 is 1.08 bits per heavy atom. The van der Waals surface area contributed by atoms with Crippen LogP contribution in [0.3, 0.4) is 0 Å². The summed E-state index contributed by atoms with van der Waals surface area (Å²) in [6.07, 6.45) is 5.97. The predicted octanol–water partition coefficient (Wildman–Crippen LogP) is 4.44. The minimum Gasteiger partial charge on any atom is -0.462 e. The first-order valence-electron chi connectivity index (χ1n) is 13.8. The van der Waals surface area contributed by atoms with Crippen molar-refractivity contribution >= 4 is 16.5 Å². The number of nitrogens with zero attached hydrogens (tertiary/aromatic N) is 4. The lowest BCUT2D eigenvalue weighted by Crippen LogP contribution is -2.36. The molecule has 0 amide bonds. The van der Waals surface area contributed by atoms with E-state index in [1.807, 2.05) is 0 Å².